The van der Waals surface area contributed by atoms with Crippen molar-refractivity contribution in [2.75, 3.05) is 14.2 Å². The zero-order valence-electron chi connectivity index (χ0n) is 8.71. The van der Waals surface area contributed by atoms with Gasteiger partial charge in [-0.1, -0.05) is 35.6 Å². The zero-order chi connectivity index (χ0) is 10.6. The second-order valence-corrected chi connectivity index (χ2v) is 5.30. The Bertz CT molecular complexity index is 297. The summed E-state index contributed by atoms with van der Waals surface area (Å²) in [6.07, 6.45) is 1.06. The van der Waals surface area contributed by atoms with Gasteiger partial charge < -0.3 is 9.47 Å². The molecule has 0 aromatic heterocycles. The molecule has 0 amide bonds. The van der Waals surface area contributed by atoms with E-state index in [0.717, 1.165) is 17.9 Å². The summed E-state index contributed by atoms with van der Waals surface area (Å²) in [5.41, 5.74) is 1.28. The molecule has 0 saturated carbocycles. The molecule has 0 bridgehead atoms. The Morgan fingerprint density at radius 1 is 1.21 bits per heavy atom. The van der Waals surface area contributed by atoms with Gasteiger partial charge in [0.05, 0.1) is 14.2 Å². The molecule has 0 fully saturated rings. The van der Waals surface area contributed by atoms with Gasteiger partial charge in [0.25, 0.3) is 0 Å². The van der Waals surface area contributed by atoms with Crippen LogP contribution in [0.4, 0.5) is 0 Å². The van der Waals surface area contributed by atoms with E-state index >= 15 is 0 Å². The van der Waals surface area contributed by atoms with Crippen molar-refractivity contribution in [1.29, 1.82) is 0 Å². The molecule has 0 N–H and O–H groups in total. The Kier molecular flexibility index (Phi) is 4.51. The lowest BCUT2D eigenvalue weighted by Crippen LogP contribution is -1.98. The first-order valence-corrected chi connectivity index (χ1v) is 5.77. The summed E-state index contributed by atoms with van der Waals surface area (Å²) < 4.78 is 11.0. The highest BCUT2D eigenvalue weighted by molar-refractivity contribution is 14.1. The van der Waals surface area contributed by atoms with E-state index in [0.29, 0.717) is 3.92 Å². The smallest absolute Gasteiger partial charge is 0.160 e. The van der Waals surface area contributed by atoms with Crippen LogP contribution >= 0.6 is 22.6 Å². The first-order chi connectivity index (χ1) is 6.67. The van der Waals surface area contributed by atoms with E-state index in [2.05, 4.69) is 35.6 Å². The number of hydrogen-bond donors (Lipinski definition) is 0. The second kappa shape index (κ2) is 5.44. The van der Waals surface area contributed by atoms with Crippen LogP contribution in [-0.4, -0.2) is 18.1 Å². The van der Waals surface area contributed by atoms with Crippen LogP contribution in [0.15, 0.2) is 18.2 Å². The van der Waals surface area contributed by atoms with E-state index in [-0.39, 0.29) is 0 Å². The molecule has 0 unspecified atom stereocenters. The Morgan fingerprint density at radius 3 is 2.36 bits per heavy atom. The summed E-state index contributed by atoms with van der Waals surface area (Å²) in [6.45, 7) is 2.19. The molecule has 1 atom stereocenters. The van der Waals surface area contributed by atoms with Crippen LogP contribution < -0.4 is 9.47 Å². The van der Waals surface area contributed by atoms with Crippen LogP contribution in [0.25, 0.3) is 0 Å². The van der Waals surface area contributed by atoms with Crippen molar-refractivity contribution in [2.24, 2.45) is 0 Å². The topological polar surface area (TPSA) is 18.5 Å². The highest BCUT2D eigenvalue weighted by Crippen LogP contribution is 2.28. The lowest BCUT2D eigenvalue weighted by Gasteiger charge is -2.10. The average molecular weight is 306 g/mol. The summed E-state index contributed by atoms with van der Waals surface area (Å²) in [6, 6.07) is 6.07. The lowest BCUT2D eigenvalue weighted by atomic mass is 10.1. The van der Waals surface area contributed by atoms with Crippen molar-refractivity contribution in [1.82, 2.24) is 0 Å². The fourth-order valence-corrected chi connectivity index (χ4v) is 1.84. The Morgan fingerprint density at radius 2 is 1.86 bits per heavy atom. The van der Waals surface area contributed by atoms with E-state index < -0.39 is 0 Å². The van der Waals surface area contributed by atoms with Gasteiger partial charge in [-0.2, -0.15) is 0 Å². The largest absolute Gasteiger partial charge is 0.493 e. The van der Waals surface area contributed by atoms with Gasteiger partial charge >= 0.3 is 0 Å². The van der Waals surface area contributed by atoms with E-state index in [4.69, 9.17) is 9.47 Å². The highest BCUT2D eigenvalue weighted by Gasteiger charge is 2.05. The average Bonchev–Trinajstić information content (AvgIpc) is 2.16. The van der Waals surface area contributed by atoms with Crippen molar-refractivity contribution in [3.8, 4) is 11.5 Å². The summed E-state index contributed by atoms with van der Waals surface area (Å²) >= 11 is 2.42. The fraction of sp³-hybridized carbons (Fsp3) is 0.455. The standard InChI is InChI=1S/C11H15IO2/c1-8(12)6-9-4-5-10(13-2)11(7-9)14-3/h4-5,7-8H,6H2,1-3H3/t8-/m0/s1. The van der Waals surface area contributed by atoms with Crippen molar-refractivity contribution in [2.45, 2.75) is 17.3 Å². The van der Waals surface area contributed by atoms with E-state index in [1.807, 2.05) is 12.1 Å². The number of ether oxygens (including phenoxy) is 2. The molecule has 3 heteroatoms. The van der Waals surface area contributed by atoms with Crippen LogP contribution in [0.1, 0.15) is 12.5 Å². The number of benzene rings is 1. The highest BCUT2D eigenvalue weighted by atomic mass is 127. The van der Waals surface area contributed by atoms with Crippen LogP contribution in [0.5, 0.6) is 11.5 Å². The maximum Gasteiger partial charge on any atom is 0.160 e. The Balaban J connectivity index is 2.89. The molecule has 14 heavy (non-hydrogen) atoms. The van der Waals surface area contributed by atoms with Crippen LogP contribution in [-0.2, 0) is 6.42 Å². The molecule has 1 aromatic carbocycles. The van der Waals surface area contributed by atoms with Crippen molar-refractivity contribution < 1.29 is 9.47 Å². The minimum atomic E-state index is 0.630. The first kappa shape index (κ1) is 11.6. The molecule has 0 spiro atoms. The molecule has 0 radical (unpaired) electrons. The monoisotopic (exact) mass is 306 g/mol. The van der Waals surface area contributed by atoms with Gasteiger partial charge in [-0.15, -0.1) is 0 Å². The summed E-state index contributed by atoms with van der Waals surface area (Å²) in [5, 5.41) is 0. The molecule has 0 saturated heterocycles. The summed E-state index contributed by atoms with van der Waals surface area (Å²) in [4.78, 5) is 0. The molecule has 78 valence electrons. The third-order valence-corrected chi connectivity index (χ3v) is 2.41. The molecule has 1 rings (SSSR count). The minimum Gasteiger partial charge on any atom is -0.493 e. The molecule has 2 nitrogen and oxygen atoms in total. The normalized spacial score (nSPS) is 12.3. The molecule has 0 aliphatic rings. The molecule has 0 aliphatic heterocycles. The number of alkyl halides is 1. The zero-order valence-corrected chi connectivity index (χ0v) is 10.9. The number of hydrogen-bond acceptors (Lipinski definition) is 2. The fourth-order valence-electron chi connectivity index (χ4n) is 1.33. The Labute approximate surface area is 98.7 Å². The predicted octanol–water partition coefficient (Wildman–Crippen LogP) is 3.07. The predicted molar refractivity (Wildman–Crippen MR) is 66.7 cm³/mol. The van der Waals surface area contributed by atoms with E-state index in [9.17, 15) is 0 Å². The maximum absolute atomic E-state index is 5.23. The van der Waals surface area contributed by atoms with Crippen molar-refractivity contribution in [3.63, 3.8) is 0 Å². The minimum absolute atomic E-state index is 0.630. The number of methoxy groups -OCH3 is 2. The van der Waals surface area contributed by atoms with Gasteiger partial charge in [-0.05, 0) is 24.1 Å². The van der Waals surface area contributed by atoms with Gasteiger partial charge in [0.15, 0.2) is 11.5 Å². The van der Waals surface area contributed by atoms with Gasteiger partial charge in [-0.25, -0.2) is 0 Å². The third kappa shape index (κ3) is 3.04. The van der Waals surface area contributed by atoms with E-state index in [1.165, 1.54) is 5.56 Å². The first-order valence-electron chi connectivity index (χ1n) is 4.52. The van der Waals surface area contributed by atoms with Crippen LogP contribution in [0.3, 0.4) is 0 Å². The lowest BCUT2D eigenvalue weighted by molar-refractivity contribution is 0.354. The van der Waals surface area contributed by atoms with Crippen LogP contribution in [0, 0.1) is 0 Å². The molecule has 0 aliphatic carbocycles. The Hall–Kier alpha value is -0.450. The maximum atomic E-state index is 5.23. The van der Waals surface area contributed by atoms with Crippen molar-refractivity contribution in [3.05, 3.63) is 23.8 Å². The number of rotatable bonds is 4. The van der Waals surface area contributed by atoms with Gasteiger partial charge in [-0.3, -0.25) is 0 Å². The van der Waals surface area contributed by atoms with E-state index in [1.54, 1.807) is 14.2 Å². The molecule has 0 heterocycles. The number of halogens is 1. The van der Waals surface area contributed by atoms with Crippen LogP contribution in [0.2, 0.25) is 0 Å². The van der Waals surface area contributed by atoms with Gasteiger partial charge in [0.1, 0.15) is 0 Å². The summed E-state index contributed by atoms with van der Waals surface area (Å²) in [7, 11) is 3.31. The quantitative estimate of drug-likeness (QED) is 0.629. The second-order valence-electron chi connectivity index (χ2n) is 3.17. The molecular formula is C11H15IO2. The van der Waals surface area contributed by atoms with Crippen molar-refractivity contribution >= 4 is 22.6 Å². The molecule has 1 aromatic rings. The third-order valence-electron chi connectivity index (χ3n) is 1.96. The molecular weight excluding hydrogens is 291 g/mol. The van der Waals surface area contributed by atoms with Gasteiger partial charge in [0.2, 0.25) is 0 Å². The van der Waals surface area contributed by atoms with Gasteiger partial charge in [0, 0.05) is 3.92 Å². The summed E-state index contributed by atoms with van der Waals surface area (Å²) in [5.74, 6) is 1.60. The SMILES string of the molecule is COc1ccc(C[C@H](C)I)cc1OC.